The van der Waals surface area contributed by atoms with Crippen molar-refractivity contribution in [2.24, 2.45) is 11.8 Å². The maximum absolute atomic E-state index is 11.1. The zero-order chi connectivity index (χ0) is 10.7. The second-order valence-corrected chi connectivity index (χ2v) is 4.40. The summed E-state index contributed by atoms with van der Waals surface area (Å²) in [6, 6.07) is 9.89. The highest BCUT2D eigenvalue weighted by Gasteiger charge is 2.29. The van der Waals surface area contributed by atoms with Crippen molar-refractivity contribution in [2.45, 2.75) is 25.7 Å². The second-order valence-electron chi connectivity index (χ2n) is 4.40. The Bertz CT molecular complexity index is 328. The zero-order valence-electron chi connectivity index (χ0n) is 8.73. The first-order valence-electron chi connectivity index (χ1n) is 5.52. The Balaban J connectivity index is 1.96. The van der Waals surface area contributed by atoms with Gasteiger partial charge in [-0.25, -0.2) is 0 Å². The fourth-order valence-electron chi connectivity index (χ4n) is 1.93. The van der Waals surface area contributed by atoms with E-state index in [-0.39, 0.29) is 5.92 Å². The van der Waals surface area contributed by atoms with Crippen LogP contribution in [0.5, 0.6) is 0 Å². The molecule has 0 heterocycles. The minimum Gasteiger partial charge on any atom is -0.481 e. The molecule has 0 unspecified atom stereocenters. The van der Waals surface area contributed by atoms with Crippen LogP contribution in [-0.2, 0) is 11.2 Å². The predicted octanol–water partition coefficient (Wildman–Crippen LogP) is 2.73. The molecule has 1 aliphatic carbocycles. The number of benzene rings is 1. The van der Waals surface area contributed by atoms with Crippen LogP contribution in [-0.4, -0.2) is 11.1 Å². The van der Waals surface area contributed by atoms with E-state index < -0.39 is 5.97 Å². The molecule has 1 saturated carbocycles. The van der Waals surface area contributed by atoms with Crippen LogP contribution in [0.3, 0.4) is 0 Å². The lowest BCUT2D eigenvalue weighted by atomic mass is 9.94. The van der Waals surface area contributed by atoms with Gasteiger partial charge in [-0.05, 0) is 24.3 Å². The lowest BCUT2D eigenvalue weighted by molar-refractivity contribution is -0.142. The van der Waals surface area contributed by atoms with Crippen molar-refractivity contribution in [3.05, 3.63) is 35.9 Å². The monoisotopic (exact) mass is 204 g/mol. The summed E-state index contributed by atoms with van der Waals surface area (Å²) in [6.07, 6.45) is 3.97. The number of hydrogen-bond acceptors (Lipinski definition) is 1. The summed E-state index contributed by atoms with van der Waals surface area (Å²) in [5, 5.41) is 9.11. The van der Waals surface area contributed by atoms with Gasteiger partial charge in [0.1, 0.15) is 0 Å². The molecule has 1 aromatic carbocycles. The van der Waals surface area contributed by atoms with E-state index in [0.717, 1.165) is 12.0 Å². The molecule has 0 amide bonds. The lowest BCUT2D eigenvalue weighted by Gasteiger charge is -2.11. The maximum Gasteiger partial charge on any atom is 0.306 e. The molecular formula is C13H16O2. The maximum atomic E-state index is 11.1. The van der Waals surface area contributed by atoms with Crippen LogP contribution in [0.1, 0.15) is 24.8 Å². The van der Waals surface area contributed by atoms with Crippen LogP contribution in [0.15, 0.2) is 30.3 Å². The average Bonchev–Trinajstić information content (AvgIpc) is 3.02. The quantitative estimate of drug-likeness (QED) is 0.800. The molecule has 0 spiro atoms. The van der Waals surface area contributed by atoms with Crippen LogP contribution in [0.2, 0.25) is 0 Å². The van der Waals surface area contributed by atoms with Crippen molar-refractivity contribution < 1.29 is 9.90 Å². The third kappa shape index (κ3) is 3.08. The Labute approximate surface area is 89.9 Å². The van der Waals surface area contributed by atoms with Gasteiger partial charge in [0.15, 0.2) is 0 Å². The van der Waals surface area contributed by atoms with Crippen LogP contribution >= 0.6 is 0 Å². The SMILES string of the molecule is O=C(O)[C@@H](Cc1ccccc1)CC1CC1. The van der Waals surface area contributed by atoms with Crippen molar-refractivity contribution in [3.63, 3.8) is 0 Å². The molecule has 1 N–H and O–H groups in total. The third-order valence-electron chi connectivity index (χ3n) is 2.99. The summed E-state index contributed by atoms with van der Waals surface area (Å²) in [5.74, 6) is -0.166. The van der Waals surface area contributed by atoms with Crippen molar-refractivity contribution in [1.29, 1.82) is 0 Å². The highest BCUT2D eigenvalue weighted by molar-refractivity contribution is 5.70. The molecule has 15 heavy (non-hydrogen) atoms. The summed E-state index contributed by atoms with van der Waals surface area (Å²) in [6.45, 7) is 0. The number of hydrogen-bond donors (Lipinski definition) is 1. The van der Waals surface area contributed by atoms with Crippen molar-refractivity contribution in [1.82, 2.24) is 0 Å². The van der Waals surface area contributed by atoms with Crippen molar-refractivity contribution in [2.75, 3.05) is 0 Å². The first kappa shape index (κ1) is 10.2. The van der Waals surface area contributed by atoms with Crippen LogP contribution in [0.4, 0.5) is 0 Å². The number of aliphatic carboxylic acids is 1. The molecule has 80 valence electrons. The fourth-order valence-corrected chi connectivity index (χ4v) is 1.93. The minimum atomic E-state index is -0.647. The van der Waals surface area contributed by atoms with Gasteiger partial charge in [-0.2, -0.15) is 0 Å². The zero-order valence-corrected chi connectivity index (χ0v) is 8.73. The number of carbonyl (C=O) groups is 1. The van der Waals surface area contributed by atoms with Gasteiger partial charge in [0, 0.05) is 0 Å². The standard InChI is InChI=1S/C13H16O2/c14-13(15)12(9-11-6-7-11)8-10-4-2-1-3-5-10/h1-5,11-12H,6-9H2,(H,14,15)/t12-/m0/s1. The van der Waals surface area contributed by atoms with Gasteiger partial charge >= 0.3 is 5.97 Å². The topological polar surface area (TPSA) is 37.3 Å². The highest BCUT2D eigenvalue weighted by Crippen LogP contribution is 2.36. The molecule has 1 aromatic rings. The van der Waals surface area contributed by atoms with Gasteiger partial charge in [0.05, 0.1) is 5.92 Å². The Morgan fingerprint density at radius 1 is 1.33 bits per heavy atom. The summed E-state index contributed by atoms with van der Waals surface area (Å²) in [5.41, 5.74) is 1.13. The predicted molar refractivity (Wildman–Crippen MR) is 58.6 cm³/mol. The van der Waals surface area contributed by atoms with E-state index in [4.69, 9.17) is 5.11 Å². The van der Waals surface area contributed by atoms with Gasteiger partial charge in [-0.1, -0.05) is 43.2 Å². The second kappa shape index (κ2) is 4.47. The summed E-state index contributed by atoms with van der Waals surface area (Å²) in [7, 11) is 0. The Hall–Kier alpha value is -1.31. The molecule has 0 bridgehead atoms. The van der Waals surface area contributed by atoms with Crippen LogP contribution in [0, 0.1) is 11.8 Å². The molecule has 0 radical (unpaired) electrons. The Morgan fingerprint density at radius 2 is 2.00 bits per heavy atom. The van der Waals surface area contributed by atoms with Gasteiger partial charge in [0.2, 0.25) is 0 Å². The van der Waals surface area contributed by atoms with E-state index in [0.29, 0.717) is 12.3 Å². The number of rotatable bonds is 5. The van der Waals surface area contributed by atoms with Crippen molar-refractivity contribution >= 4 is 5.97 Å². The molecule has 2 rings (SSSR count). The van der Waals surface area contributed by atoms with Crippen molar-refractivity contribution in [3.8, 4) is 0 Å². The van der Waals surface area contributed by atoms with E-state index in [1.165, 1.54) is 12.8 Å². The van der Waals surface area contributed by atoms with E-state index in [9.17, 15) is 4.79 Å². The first-order valence-corrected chi connectivity index (χ1v) is 5.52. The van der Waals surface area contributed by atoms with E-state index in [1.54, 1.807) is 0 Å². The smallest absolute Gasteiger partial charge is 0.306 e. The molecular weight excluding hydrogens is 188 g/mol. The molecule has 1 atom stereocenters. The lowest BCUT2D eigenvalue weighted by Crippen LogP contribution is -2.17. The molecule has 2 heteroatoms. The van der Waals surface area contributed by atoms with E-state index in [2.05, 4.69) is 0 Å². The molecule has 0 aromatic heterocycles. The third-order valence-corrected chi connectivity index (χ3v) is 2.99. The Morgan fingerprint density at radius 3 is 2.53 bits per heavy atom. The average molecular weight is 204 g/mol. The van der Waals surface area contributed by atoms with E-state index >= 15 is 0 Å². The summed E-state index contributed by atoms with van der Waals surface area (Å²) < 4.78 is 0. The summed E-state index contributed by atoms with van der Waals surface area (Å²) in [4.78, 5) is 11.1. The van der Waals surface area contributed by atoms with Gasteiger partial charge in [0.25, 0.3) is 0 Å². The molecule has 0 saturated heterocycles. The molecule has 1 aliphatic rings. The highest BCUT2D eigenvalue weighted by atomic mass is 16.4. The van der Waals surface area contributed by atoms with Gasteiger partial charge < -0.3 is 5.11 Å². The molecule has 0 aliphatic heterocycles. The molecule has 1 fully saturated rings. The van der Waals surface area contributed by atoms with Crippen LogP contribution < -0.4 is 0 Å². The van der Waals surface area contributed by atoms with Gasteiger partial charge in [-0.3, -0.25) is 4.79 Å². The fraction of sp³-hybridized carbons (Fsp3) is 0.462. The number of carboxylic acid groups (broad SMARTS) is 1. The first-order chi connectivity index (χ1) is 7.25. The van der Waals surface area contributed by atoms with Gasteiger partial charge in [-0.15, -0.1) is 0 Å². The number of carboxylic acids is 1. The largest absolute Gasteiger partial charge is 0.481 e. The summed E-state index contributed by atoms with van der Waals surface area (Å²) >= 11 is 0. The minimum absolute atomic E-state index is 0.195. The van der Waals surface area contributed by atoms with E-state index in [1.807, 2.05) is 30.3 Å². The normalized spacial score (nSPS) is 17.3. The Kier molecular flexibility index (Phi) is 3.05. The van der Waals surface area contributed by atoms with Crippen LogP contribution in [0.25, 0.3) is 0 Å². The molecule has 2 nitrogen and oxygen atoms in total.